The number of carbonyl (C=O) groups is 1. The molecular formula is C16H23ClN2O3. The number of urea groups is 1. The Labute approximate surface area is 136 Å². The van der Waals surface area contributed by atoms with Crippen molar-refractivity contribution in [2.75, 3.05) is 13.2 Å². The van der Waals surface area contributed by atoms with Gasteiger partial charge in [-0.1, -0.05) is 23.7 Å². The predicted molar refractivity (Wildman–Crippen MR) is 86.4 cm³/mol. The SMILES string of the molecule is CC(CCCO)NC(=O)NC1CCCOc2c(Cl)cccc21. The van der Waals surface area contributed by atoms with Crippen LogP contribution in [0.4, 0.5) is 4.79 Å². The van der Waals surface area contributed by atoms with Crippen LogP contribution in [0.3, 0.4) is 0 Å². The molecule has 2 amide bonds. The number of hydrogen-bond donors (Lipinski definition) is 3. The summed E-state index contributed by atoms with van der Waals surface area (Å²) in [5, 5.41) is 15.3. The number of benzene rings is 1. The minimum atomic E-state index is -0.205. The molecule has 0 fully saturated rings. The van der Waals surface area contributed by atoms with E-state index in [0.717, 1.165) is 24.8 Å². The largest absolute Gasteiger partial charge is 0.492 e. The molecule has 6 heteroatoms. The van der Waals surface area contributed by atoms with Gasteiger partial charge >= 0.3 is 6.03 Å². The summed E-state index contributed by atoms with van der Waals surface area (Å²) < 4.78 is 5.69. The van der Waals surface area contributed by atoms with Crippen LogP contribution in [-0.4, -0.2) is 30.4 Å². The Morgan fingerprint density at radius 1 is 1.55 bits per heavy atom. The van der Waals surface area contributed by atoms with Crippen LogP contribution in [0.2, 0.25) is 5.02 Å². The normalized spacial score (nSPS) is 18.6. The van der Waals surface area contributed by atoms with E-state index < -0.39 is 0 Å². The molecule has 0 saturated carbocycles. The maximum Gasteiger partial charge on any atom is 0.315 e. The van der Waals surface area contributed by atoms with Gasteiger partial charge in [-0.25, -0.2) is 4.79 Å². The van der Waals surface area contributed by atoms with Crippen LogP contribution in [0, 0.1) is 0 Å². The molecule has 0 spiro atoms. The van der Waals surface area contributed by atoms with E-state index in [9.17, 15) is 4.79 Å². The van der Waals surface area contributed by atoms with Gasteiger partial charge in [-0.3, -0.25) is 0 Å². The van der Waals surface area contributed by atoms with Crippen molar-refractivity contribution < 1.29 is 14.6 Å². The maximum atomic E-state index is 12.1. The third kappa shape index (κ3) is 4.52. The van der Waals surface area contributed by atoms with Crippen LogP contribution < -0.4 is 15.4 Å². The molecule has 5 nitrogen and oxygen atoms in total. The highest BCUT2D eigenvalue weighted by molar-refractivity contribution is 6.32. The average Bonchev–Trinajstić information content (AvgIpc) is 2.69. The van der Waals surface area contributed by atoms with Crippen molar-refractivity contribution in [3.8, 4) is 5.75 Å². The van der Waals surface area contributed by atoms with E-state index >= 15 is 0 Å². The van der Waals surface area contributed by atoms with E-state index in [2.05, 4.69) is 10.6 Å². The standard InChI is InChI=1S/C16H23ClN2O3/c1-11(5-3-9-20)18-16(21)19-14-8-4-10-22-15-12(14)6-2-7-13(15)17/h2,6-7,11,14,20H,3-5,8-10H2,1H3,(H2,18,19,21). The second kappa shape index (κ2) is 8.25. The maximum absolute atomic E-state index is 12.1. The van der Waals surface area contributed by atoms with Crippen molar-refractivity contribution in [1.29, 1.82) is 0 Å². The number of amides is 2. The quantitative estimate of drug-likeness (QED) is 0.779. The first-order valence-corrected chi connectivity index (χ1v) is 8.08. The van der Waals surface area contributed by atoms with Crippen LogP contribution in [0.1, 0.15) is 44.2 Å². The van der Waals surface area contributed by atoms with Gasteiger partial charge in [-0.15, -0.1) is 0 Å². The molecule has 0 bridgehead atoms. The smallest absolute Gasteiger partial charge is 0.315 e. The zero-order valence-electron chi connectivity index (χ0n) is 12.8. The molecule has 2 unspecified atom stereocenters. The Bertz CT molecular complexity index is 510. The number of para-hydroxylation sites is 1. The molecule has 1 aliphatic heterocycles. The van der Waals surface area contributed by atoms with Crippen LogP contribution in [-0.2, 0) is 0 Å². The molecule has 1 aliphatic rings. The van der Waals surface area contributed by atoms with Crippen molar-refractivity contribution in [3.05, 3.63) is 28.8 Å². The van der Waals surface area contributed by atoms with E-state index in [-0.39, 0.29) is 24.7 Å². The first-order valence-electron chi connectivity index (χ1n) is 7.71. The van der Waals surface area contributed by atoms with Gasteiger partial charge in [-0.05, 0) is 38.7 Å². The third-order valence-electron chi connectivity index (χ3n) is 3.73. The highest BCUT2D eigenvalue weighted by atomic mass is 35.5. The summed E-state index contributed by atoms with van der Waals surface area (Å²) in [7, 11) is 0. The molecule has 122 valence electrons. The molecular weight excluding hydrogens is 304 g/mol. The van der Waals surface area contributed by atoms with Crippen molar-refractivity contribution in [2.24, 2.45) is 0 Å². The number of carbonyl (C=O) groups excluding carboxylic acids is 1. The molecule has 1 aromatic carbocycles. The summed E-state index contributed by atoms with van der Waals surface area (Å²) in [5.74, 6) is 0.667. The molecule has 0 aliphatic carbocycles. The average molecular weight is 327 g/mol. The Balaban J connectivity index is 2.00. The fourth-order valence-electron chi connectivity index (χ4n) is 2.61. The van der Waals surface area contributed by atoms with E-state index in [4.69, 9.17) is 21.4 Å². The van der Waals surface area contributed by atoms with Gasteiger partial charge in [0.25, 0.3) is 0 Å². The number of ether oxygens (including phenoxy) is 1. The number of hydrogen-bond acceptors (Lipinski definition) is 3. The second-order valence-electron chi connectivity index (χ2n) is 5.59. The van der Waals surface area contributed by atoms with Crippen molar-refractivity contribution in [1.82, 2.24) is 10.6 Å². The molecule has 2 atom stereocenters. The first-order chi connectivity index (χ1) is 10.6. The summed E-state index contributed by atoms with van der Waals surface area (Å²) in [6, 6.07) is 5.30. The van der Waals surface area contributed by atoms with Crippen LogP contribution in [0.25, 0.3) is 0 Å². The minimum Gasteiger partial charge on any atom is -0.492 e. The molecule has 0 saturated heterocycles. The number of aliphatic hydroxyl groups is 1. The lowest BCUT2D eigenvalue weighted by atomic mass is 10.0. The summed E-state index contributed by atoms with van der Waals surface area (Å²) in [5.41, 5.74) is 0.920. The van der Waals surface area contributed by atoms with Gasteiger partial charge in [0.1, 0.15) is 5.75 Å². The van der Waals surface area contributed by atoms with Gasteiger partial charge in [0.05, 0.1) is 17.7 Å². The van der Waals surface area contributed by atoms with E-state index in [1.165, 1.54) is 0 Å². The van der Waals surface area contributed by atoms with Crippen LogP contribution in [0.15, 0.2) is 18.2 Å². The number of nitrogens with one attached hydrogen (secondary N) is 2. The number of aliphatic hydroxyl groups excluding tert-OH is 1. The lowest BCUT2D eigenvalue weighted by Gasteiger charge is -2.21. The summed E-state index contributed by atoms with van der Waals surface area (Å²) >= 11 is 6.18. The van der Waals surface area contributed by atoms with Crippen molar-refractivity contribution in [3.63, 3.8) is 0 Å². The molecule has 1 aromatic rings. The zero-order valence-corrected chi connectivity index (χ0v) is 13.5. The number of halogens is 1. The monoisotopic (exact) mass is 326 g/mol. The Kier molecular flexibility index (Phi) is 6.34. The molecule has 0 aromatic heterocycles. The molecule has 3 N–H and O–H groups in total. The topological polar surface area (TPSA) is 70.6 Å². The van der Waals surface area contributed by atoms with Gasteiger partial charge in [0.15, 0.2) is 0 Å². The van der Waals surface area contributed by atoms with E-state index in [1.54, 1.807) is 6.07 Å². The van der Waals surface area contributed by atoms with Gasteiger partial charge in [0.2, 0.25) is 0 Å². The third-order valence-corrected chi connectivity index (χ3v) is 4.03. The molecule has 22 heavy (non-hydrogen) atoms. The second-order valence-corrected chi connectivity index (χ2v) is 5.99. The summed E-state index contributed by atoms with van der Waals surface area (Å²) in [6.45, 7) is 2.67. The molecule has 1 heterocycles. The van der Waals surface area contributed by atoms with Gasteiger partial charge in [-0.2, -0.15) is 0 Å². The number of fused-ring (bicyclic) bond motifs is 1. The Morgan fingerprint density at radius 2 is 2.36 bits per heavy atom. The van der Waals surface area contributed by atoms with E-state index in [0.29, 0.717) is 23.8 Å². The lowest BCUT2D eigenvalue weighted by molar-refractivity contribution is 0.230. The molecule has 2 rings (SSSR count). The first kappa shape index (κ1) is 16.9. The summed E-state index contributed by atoms with van der Waals surface area (Å²) in [4.78, 5) is 12.1. The minimum absolute atomic E-state index is 0.0213. The predicted octanol–water partition coefficient (Wildman–Crippen LogP) is 3.01. The number of rotatable bonds is 5. The fourth-order valence-corrected chi connectivity index (χ4v) is 2.85. The summed E-state index contributed by atoms with van der Waals surface area (Å²) in [6.07, 6.45) is 3.10. The van der Waals surface area contributed by atoms with Crippen molar-refractivity contribution >= 4 is 17.6 Å². The van der Waals surface area contributed by atoms with Gasteiger partial charge < -0.3 is 20.5 Å². The lowest BCUT2D eigenvalue weighted by Crippen LogP contribution is -2.42. The Morgan fingerprint density at radius 3 is 3.14 bits per heavy atom. The fraction of sp³-hybridized carbons (Fsp3) is 0.562. The van der Waals surface area contributed by atoms with Crippen LogP contribution in [0.5, 0.6) is 5.75 Å². The van der Waals surface area contributed by atoms with E-state index in [1.807, 2.05) is 19.1 Å². The van der Waals surface area contributed by atoms with Crippen LogP contribution >= 0.6 is 11.6 Å². The van der Waals surface area contributed by atoms with Crippen molar-refractivity contribution in [2.45, 2.75) is 44.7 Å². The highest BCUT2D eigenvalue weighted by Gasteiger charge is 2.23. The highest BCUT2D eigenvalue weighted by Crippen LogP contribution is 2.36. The zero-order chi connectivity index (χ0) is 15.9. The Hall–Kier alpha value is -1.46. The van der Waals surface area contributed by atoms with Gasteiger partial charge in [0, 0.05) is 18.2 Å². The molecule has 0 radical (unpaired) electrons.